The maximum atomic E-state index is 5.61. The molecular weight excluding hydrogens is 282 g/mol. The minimum Gasteiger partial charge on any atom is -0.486 e. The van der Waals surface area contributed by atoms with E-state index in [0.717, 1.165) is 31.0 Å². The molecule has 3 rings (SSSR count). The minimum atomic E-state index is 0.644. The summed E-state index contributed by atoms with van der Waals surface area (Å²) >= 11 is 1.87. The molecule has 1 aliphatic heterocycles. The zero-order valence-electron chi connectivity index (χ0n) is 12.6. The standard InChI is InChI=1S/C17H21NO2S/c1-12-9-15(13(2)21-12)11-18-6-5-14-3-4-16-17(10-14)20-8-7-19-16/h3-4,9-10,18H,5-8,11H2,1-2H3. The van der Waals surface area contributed by atoms with Gasteiger partial charge in [-0.05, 0) is 56.1 Å². The van der Waals surface area contributed by atoms with Crippen molar-refractivity contribution in [2.24, 2.45) is 0 Å². The topological polar surface area (TPSA) is 30.5 Å². The van der Waals surface area contributed by atoms with E-state index in [2.05, 4.69) is 37.4 Å². The van der Waals surface area contributed by atoms with Gasteiger partial charge in [-0.25, -0.2) is 0 Å². The van der Waals surface area contributed by atoms with Crippen molar-refractivity contribution in [1.29, 1.82) is 0 Å². The molecule has 0 unspecified atom stereocenters. The number of ether oxygens (including phenoxy) is 2. The largest absolute Gasteiger partial charge is 0.486 e. The summed E-state index contributed by atoms with van der Waals surface area (Å²) < 4.78 is 11.2. The van der Waals surface area contributed by atoms with Gasteiger partial charge in [-0.3, -0.25) is 0 Å². The number of thiophene rings is 1. The lowest BCUT2D eigenvalue weighted by Crippen LogP contribution is -2.18. The second-order valence-corrected chi connectivity index (χ2v) is 6.80. The van der Waals surface area contributed by atoms with E-state index in [9.17, 15) is 0 Å². The summed E-state index contributed by atoms with van der Waals surface area (Å²) in [7, 11) is 0. The number of rotatable bonds is 5. The summed E-state index contributed by atoms with van der Waals surface area (Å²) in [5.41, 5.74) is 2.70. The zero-order chi connectivity index (χ0) is 14.7. The first-order valence-electron chi connectivity index (χ1n) is 7.37. The third kappa shape index (κ3) is 3.57. The lowest BCUT2D eigenvalue weighted by atomic mass is 10.1. The van der Waals surface area contributed by atoms with Crippen molar-refractivity contribution in [3.63, 3.8) is 0 Å². The lowest BCUT2D eigenvalue weighted by molar-refractivity contribution is 0.171. The molecule has 112 valence electrons. The quantitative estimate of drug-likeness (QED) is 0.858. The molecule has 0 atom stereocenters. The van der Waals surface area contributed by atoms with Gasteiger partial charge in [0.2, 0.25) is 0 Å². The Kier molecular flexibility index (Phi) is 4.46. The van der Waals surface area contributed by atoms with Crippen LogP contribution in [0.25, 0.3) is 0 Å². The van der Waals surface area contributed by atoms with Crippen LogP contribution in [0.4, 0.5) is 0 Å². The van der Waals surface area contributed by atoms with Gasteiger partial charge in [0.25, 0.3) is 0 Å². The smallest absolute Gasteiger partial charge is 0.161 e. The summed E-state index contributed by atoms with van der Waals surface area (Å²) in [5.74, 6) is 1.74. The van der Waals surface area contributed by atoms with E-state index in [0.29, 0.717) is 13.2 Å². The molecule has 1 aromatic carbocycles. The Morgan fingerprint density at radius 3 is 2.67 bits per heavy atom. The SMILES string of the molecule is Cc1cc(CNCCc2ccc3c(c2)OCCO3)c(C)s1. The molecule has 2 aromatic rings. The highest BCUT2D eigenvalue weighted by Crippen LogP contribution is 2.30. The Hall–Kier alpha value is -1.52. The summed E-state index contributed by atoms with van der Waals surface area (Å²) in [6.07, 6.45) is 0.999. The fraction of sp³-hybridized carbons (Fsp3) is 0.412. The average molecular weight is 303 g/mol. The molecule has 0 spiro atoms. The van der Waals surface area contributed by atoms with Crippen molar-refractivity contribution in [3.8, 4) is 11.5 Å². The van der Waals surface area contributed by atoms with Crippen LogP contribution in [-0.4, -0.2) is 19.8 Å². The molecule has 0 saturated heterocycles. The normalized spacial score (nSPS) is 13.4. The maximum absolute atomic E-state index is 5.61. The molecule has 0 bridgehead atoms. The first-order valence-corrected chi connectivity index (χ1v) is 8.19. The van der Waals surface area contributed by atoms with Gasteiger partial charge < -0.3 is 14.8 Å². The second kappa shape index (κ2) is 6.50. The summed E-state index contributed by atoms with van der Waals surface area (Å²) in [5, 5.41) is 3.52. The third-order valence-corrected chi connectivity index (χ3v) is 4.66. The molecular formula is C17H21NO2S. The molecule has 21 heavy (non-hydrogen) atoms. The van der Waals surface area contributed by atoms with E-state index in [-0.39, 0.29) is 0 Å². The molecule has 0 radical (unpaired) electrons. The van der Waals surface area contributed by atoms with E-state index >= 15 is 0 Å². The van der Waals surface area contributed by atoms with E-state index in [4.69, 9.17) is 9.47 Å². The van der Waals surface area contributed by atoms with Crippen LogP contribution in [0.5, 0.6) is 11.5 Å². The Balaban J connectivity index is 1.50. The summed E-state index contributed by atoms with van der Waals surface area (Å²) in [4.78, 5) is 2.80. The molecule has 0 saturated carbocycles. The first kappa shape index (κ1) is 14.4. The molecule has 3 nitrogen and oxygen atoms in total. The number of fused-ring (bicyclic) bond motifs is 1. The predicted octanol–water partition coefficient (Wildman–Crippen LogP) is 3.47. The van der Waals surface area contributed by atoms with Gasteiger partial charge in [0.1, 0.15) is 13.2 Å². The Labute approximate surface area is 129 Å². The fourth-order valence-corrected chi connectivity index (χ4v) is 3.50. The van der Waals surface area contributed by atoms with Crippen LogP contribution in [0.2, 0.25) is 0 Å². The molecule has 1 aromatic heterocycles. The van der Waals surface area contributed by atoms with Gasteiger partial charge in [-0.15, -0.1) is 11.3 Å². The summed E-state index contributed by atoms with van der Waals surface area (Å²) in [6.45, 7) is 7.55. The number of aryl methyl sites for hydroxylation is 2. The van der Waals surface area contributed by atoms with Crippen molar-refractivity contribution in [1.82, 2.24) is 5.32 Å². The third-order valence-electron chi connectivity index (χ3n) is 3.66. The van der Waals surface area contributed by atoms with Gasteiger partial charge >= 0.3 is 0 Å². The molecule has 0 fully saturated rings. The minimum absolute atomic E-state index is 0.644. The highest BCUT2D eigenvalue weighted by Gasteiger charge is 2.11. The van der Waals surface area contributed by atoms with E-state index in [1.54, 1.807) is 0 Å². The van der Waals surface area contributed by atoms with E-state index in [1.165, 1.54) is 20.9 Å². The molecule has 4 heteroatoms. The van der Waals surface area contributed by atoms with Crippen LogP contribution in [-0.2, 0) is 13.0 Å². The second-order valence-electron chi connectivity index (χ2n) is 5.34. The van der Waals surface area contributed by atoms with Gasteiger partial charge in [0, 0.05) is 16.3 Å². The van der Waals surface area contributed by atoms with Gasteiger partial charge in [-0.2, -0.15) is 0 Å². The lowest BCUT2D eigenvalue weighted by Gasteiger charge is -2.18. The van der Waals surface area contributed by atoms with Gasteiger partial charge in [0.05, 0.1) is 0 Å². The first-order chi connectivity index (χ1) is 10.2. The van der Waals surface area contributed by atoms with Crippen LogP contribution in [0, 0.1) is 13.8 Å². The maximum Gasteiger partial charge on any atom is 0.161 e. The van der Waals surface area contributed by atoms with Crippen LogP contribution in [0.1, 0.15) is 20.9 Å². The molecule has 0 aliphatic carbocycles. The van der Waals surface area contributed by atoms with Gasteiger partial charge in [0.15, 0.2) is 11.5 Å². The van der Waals surface area contributed by atoms with Crippen molar-refractivity contribution < 1.29 is 9.47 Å². The predicted molar refractivity (Wildman–Crippen MR) is 86.6 cm³/mol. The average Bonchev–Trinajstić information content (AvgIpc) is 2.81. The number of hydrogen-bond acceptors (Lipinski definition) is 4. The van der Waals surface area contributed by atoms with Crippen LogP contribution >= 0.6 is 11.3 Å². The Morgan fingerprint density at radius 1 is 1.10 bits per heavy atom. The Morgan fingerprint density at radius 2 is 1.90 bits per heavy atom. The molecule has 1 aliphatic rings. The fourth-order valence-electron chi connectivity index (χ4n) is 2.56. The van der Waals surface area contributed by atoms with Crippen LogP contribution in [0.3, 0.4) is 0 Å². The molecule has 2 heterocycles. The van der Waals surface area contributed by atoms with Crippen molar-refractivity contribution in [2.45, 2.75) is 26.8 Å². The van der Waals surface area contributed by atoms with Crippen molar-refractivity contribution >= 4 is 11.3 Å². The number of nitrogens with one attached hydrogen (secondary N) is 1. The van der Waals surface area contributed by atoms with E-state index < -0.39 is 0 Å². The van der Waals surface area contributed by atoms with Crippen LogP contribution < -0.4 is 14.8 Å². The summed E-state index contributed by atoms with van der Waals surface area (Å²) in [6, 6.07) is 8.50. The number of hydrogen-bond donors (Lipinski definition) is 1. The van der Waals surface area contributed by atoms with Crippen molar-refractivity contribution in [2.75, 3.05) is 19.8 Å². The van der Waals surface area contributed by atoms with Gasteiger partial charge in [-0.1, -0.05) is 6.07 Å². The molecule has 1 N–H and O–H groups in total. The monoisotopic (exact) mass is 303 g/mol. The Bertz CT molecular complexity index is 621. The zero-order valence-corrected chi connectivity index (χ0v) is 13.4. The highest BCUT2D eigenvalue weighted by atomic mass is 32.1. The van der Waals surface area contributed by atoms with E-state index in [1.807, 2.05) is 17.4 Å². The molecule has 0 amide bonds. The van der Waals surface area contributed by atoms with Crippen molar-refractivity contribution in [3.05, 3.63) is 45.1 Å². The van der Waals surface area contributed by atoms with Crippen LogP contribution in [0.15, 0.2) is 24.3 Å². The highest BCUT2D eigenvalue weighted by molar-refractivity contribution is 7.12. The number of benzene rings is 1.